The molecule has 1 saturated heterocycles. The van der Waals surface area contributed by atoms with Gasteiger partial charge in [-0.25, -0.2) is 0 Å². The molecule has 7 atom stereocenters. The van der Waals surface area contributed by atoms with Gasteiger partial charge in [0.1, 0.15) is 24.4 Å². The van der Waals surface area contributed by atoms with Crippen LogP contribution in [0.2, 0.25) is 0 Å². The summed E-state index contributed by atoms with van der Waals surface area (Å²) in [4.78, 5) is 13.0. The van der Waals surface area contributed by atoms with Gasteiger partial charge in [0.05, 0.1) is 25.4 Å². The zero-order valence-corrected chi connectivity index (χ0v) is 44.9. The minimum Gasteiger partial charge on any atom is -0.394 e. The van der Waals surface area contributed by atoms with Crippen molar-refractivity contribution in [2.75, 3.05) is 13.2 Å². The van der Waals surface area contributed by atoms with Crippen LogP contribution in [0.25, 0.3) is 0 Å². The molecule has 1 rings (SSSR count). The van der Waals surface area contributed by atoms with E-state index in [1.54, 1.807) is 6.08 Å². The Labute approximate surface area is 438 Å². The molecule has 406 valence electrons. The fourth-order valence-electron chi connectivity index (χ4n) is 7.75. The van der Waals surface area contributed by atoms with E-state index in [1.807, 2.05) is 6.08 Å². The first-order chi connectivity index (χ1) is 35.3. The number of carbonyl (C=O) groups excluding carboxylic acids is 1. The van der Waals surface area contributed by atoms with E-state index in [4.69, 9.17) is 9.47 Å². The number of carbonyl (C=O) groups is 1. The maximum atomic E-state index is 13.0. The highest BCUT2D eigenvalue weighted by Crippen LogP contribution is 2.22. The Morgan fingerprint density at radius 3 is 1.28 bits per heavy atom. The van der Waals surface area contributed by atoms with Crippen LogP contribution in [0.3, 0.4) is 0 Å². The molecule has 0 aromatic heterocycles. The second kappa shape index (κ2) is 50.6. The lowest BCUT2D eigenvalue weighted by Gasteiger charge is -2.40. The van der Waals surface area contributed by atoms with Crippen molar-refractivity contribution in [1.82, 2.24) is 5.32 Å². The van der Waals surface area contributed by atoms with E-state index in [1.165, 1.54) is 51.4 Å². The van der Waals surface area contributed by atoms with Crippen LogP contribution in [0.15, 0.2) is 146 Å². The molecule has 6 N–H and O–H groups in total. The van der Waals surface area contributed by atoms with Gasteiger partial charge in [-0.15, -0.1) is 0 Å². The van der Waals surface area contributed by atoms with Crippen LogP contribution in [-0.4, -0.2) is 87.5 Å². The van der Waals surface area contributed by atoms with Crippen LogP contribution in [0.4, 0.5) is 0 Å². The first-order valence-electron chi connectivity index (χ1n) is 28.1. The minimum absolute atomic E-state index is 0.211. The highest BCUT2D eigenvalue weighted by atomic mass is 16.7. The Balaban J connectivity index is 2.23. The fourth-order valence-corrected chi connectivity index (χ4v) is 7.75. The number of hydrogen-bond donors (Lipinski definition) is 6. The molecule has 1 aliphatic rings. The standard InChI is InChI=1S/C63H101NO8/c1-3-5-7-9-11-13-15-17-18-19-20-21-22-23-24-25-26-27-28-29-30-31-32-33-34-35-36-37-38-39-40-41-43-45-47-49-51-53-59(67)64-56(55-71-63-62(70)61(69)60(68)58(54-65)72-63)57(66)52-50-48-46-44-42-16-14-12-10-8-6-4-2/h5,7,11,13,17-18,20-21,23-24,26-27,29-30,32-33,35-36,38-39,41,43,50,52,56-58,60-63,65-66,68-70H,3-4,6,8-10,12,14-16,19,22,25,28,31,34,37,40,42,44-49,51,53-55H2,1-2H3,(H,64,67)/b7-5-,13-11-,18-17-,21-20-,24-23-,27-26-,30-29-,33-32-,36-35-,39-38-,43-41-,52-50+. The molecular formula is C63H101NO8. The molecule has 1 heterocycles. The molecule has 7 unspecified atom stereocenters. The summed E-state index contributed by atoms with van der Waals surface area (Å²) in [6.07, 6.45) is 72.0. The Bertz CT molecular complexity index is 1630. The predicted molar refractivity (Wildman–Crippen MR) is 303 cm³/mol. The topological polar surface area (TPSA) is 149 Å². The van der Waals surface area contributed by atoms with E-state index in [2.05, 4.69) is 153 Å². The van der Waals surface area contributed by atoms with Gasteiger partial charge in [0.2, 0.25) is 5.91 Å². The molecule has 1 fully saturated rings. The molecule has 9 heteroatoms. The summed E-state index contributed by atoms with van der Waals surface area (Å²) in [6, 6.07) is -0.833. The van der Waals surface area contributed by atoms with Gasteiger partial charge in [-0.05, 0) is 103 Å². The van der Waals surface area contributed by atoms with E-state index in [0.717, 1.165) is 109 Å². The van der Waals surface area contributed by atoms with E-state index in [9.17, 15) is 30.3 Å². The number of ether oxygens (including phenoxy) is 2. The largest absolute Gasteiger partial charge is 0.394 e. The zero-order chi connectivity index (χ0) is 52.2. The van der Waals surface area contributed by atoms with Crippen molar-refractivity contribution < 1.29 is 39.8 Å². The number of aliphatic hydroxyl groups excluding tert-OH is 5. The number of amides is 1. The number of nitrogens with one attached hydrogen (secondary N) is 1. The van der Waals surface area contributed by atoms with Gasteiger partial charge in [-0.1, -0.05) is 224 Å². The van der Waals surface area contributed by atoms with Crippen molar-refractivity contribution in [3.63, 3.8) is 0 Å². The first kappa shape index (κ1) is 66.1. The third kappa shape index (κ3) is 39.6. The molecule has 72 heavy (non-hydrogen) atoms. The van der Waals surface area contributed by atoms with Crippen LogP contribution >= 0.6 is 0 Å². The summed E-state index contributed by atoms with van der Waals surface area (Å²) in [5.41, 5.74) is 0. The molecule has 0 aromatic carbocycles. The number of aliphatic hydroxyl groups is 5. The van der Waals surface area contributed by atoms with Crippen LogP contribution in [0.1, 0.15) is 187 Å². The first-order valence-corrected chi connectivity index (χ1v) is 28.1. The summed E-state index contributed by atoms with van der Waals surface area (Å²) in [5, 5.41) is 54.3. The highest BCUT2D eigenvalue weighted by Gasteiger charge is 2.44. The molecule has 1 amide bonds. The third-order valence-corrected chi connectivity index (χ3v) is 12.2. The number of hydrogen-bond acceptors (Lipinski definition) is 8. The predicted octanol–water partition coefficient (Wildman–Crippen LogP) is 13.9. The molecule has 0 bridgehead atoms. The molecule has 0 aromatic rings. The van der Waals surface area contributed by atoms with Crippen molar-refractivity contribution in [3.05, 3.63) is 146 Å². The van der Waals surface area contributed by atoms with Crippen LogP contribution in [0.5, 0.6) is 0 Å². The van der Waals surface area contributed by atoms with Gasteiger partial charge in [0, 0.05) is 6.42 Å². The Kier molecular flexibility index (Phi) is 46.4. The minimum atomic E-state index is -1.58. The maximum Gasteiger partial charge on any atom is 0.220 e. The second-order valence-electron chi connectivity index (χ2n) is 18.6. The van der Waals surface area contributed by atoms with E-state index in [-0.39, 0.29) is 12.5 Å². The van der Waals surface area contributed by atoms with Crippen LogP contribution in [0, 0.1) is 0 Å². The van der Waals surface area contributed by atoms with Gasteiger partial charge in [0.25, 0.3) is 0 Å². The van der Waals surface area contributed by atoms with Crippen molar-refractivity contribution in [3.8, 4) is 0 Å². The number of allylic oxidation sites excluding steroid dienone is 23. The molecule has 0 radical (unpaired) electrons. The molecule has 9 nitrogen and oxygen atoms in total. The van der Waals surface area contributed by atoms with E-state index < -0.39 is 49.5 Å². The molecular weight excluding hydrogens is 899 g/mol. The summed E-state index contributed by atoms with van der Waals surface area (Å²) in [5.74, 6) is -0.217. The van der Waals surface area contributed by atoms with Gasteiger partial charge in [0.15, 0.2) is 6.29 Å². The normalized spacial score (nSPS) is 20.3. The van der Waals surface area contributed by atoms with Crippen molar-refractivity contribution >= 4 is 5.91 Å². The summed E-state index contributed by atoms with van der Waals surface area (Å²) >= 11 is 0. The average molecular weight is 1000 g/mol. The second-order valence-corrected chi connectivity index (χ2v) is 18.6. The van der Waals surface area contributed by atoms with Crippen LogP contribution in [-0.2, 0) is 14.3 Å². The third-order valence-electron chi connectivity index (χ3n) is 12.2. The lowest BCUT2D eigenvalue weighted by atomic mass is 9.99. The van der Waals surface area contributed by atoms with Gasteiger partial charge in [-0.3, -0.25) is 4.79 Å². The summed E-state index contributed by atoms with van der Waals surface area (Å²) in [6.45, 7) is 3.61. The monoisotopic (exact) mass is 1000 g/mol. The summed E-state index contributed by atoms with van der Waals surface area (Å²) < 4.78 is 11.2. The summed E-state index contributed by atoms with van der Waals surface area (Å²) in [7, 11) is 0. The number of unbranched alkanes of at least 4 members (excludes halogenated alkanes) is 13. The van der Waals surface area contributed by atoms with Crippen molar-refractivity contribution in [2.45, 2.75) is 230 Å². The van der Waals surface area contributed by atoms with Crippen LogP contribution < -0.4 is 5.32 Å². The van der Waals surface area contributed by atoms with Gasteiger partial charge >= 0.3 is 0 Å². The van der Waals surface area contributed by atoms with Crippen molar-refractivity contribution in [1.29, 1.82) is 0 Å². The molecule has 0 aliphatic carbocycles. The fraction of sp³-hybridized carbons (Fsp3) is 0.603. The van der Waals surface area contributed by atoms with Gasteiger partial charge < -0.3 is 40.3 Å². The maximum absolute atomic E-state index is 13.0. The van der Waals surface area contributed by atoms with Crippen molar-refractivity contribution in [2.24, 2.45) is 0 Å². The van der Waals surface area contributed by atoms with E-state index in [0.29, 0.717) is 12.8 Å². The Hall–Kier alpha value is -3.93. The SMILES string of the molecule is CC/C=C\C/C=C\C/C=C\C/C=C\C/C=C\C/C=C\C/C=C\C/C=C\C/C=C\C/C=C\C/C=C\CCCCCC(=O)NC(COC1OC(CO)C(O)C(O)C1O)C(O)/C=C/CCCCCCCCCCCC. The lowest BCUT2D eigenvalue weighted by Crippen LogP contribution is -2.60. The van der Waals surface area contributed by atoms with E-state index >= 15 is 0 Å². The molecule has 0 saturated carbocycles. The lowest BCUT2D eigenvalue weighted by molar-refractivity contribution is -0.302. The highest BCUT2D eigenvalue weighted by molar-refractivity contribution is 5.76. The van der Waals surface area contributed by atoms with Gasteiger partial charge in [-0.2, -0.15) is 0 Å². The molecule has 0 spiro atoms. The number of rotatable bonds is 45. The zero-order valence-electron chi connectivity index (χ0n) is 44.9. The molecule has 1 aliphatic heterocycles. The smallest absolute Gasteiger partial charge is 0.220 e. The Morgan fingerprint density at radius 1 is 0.486 bits per heavy atom. The Morgan fingerprint density at radius 2 is 0.861 bits per heavy atom. The quantitative estimate of drug-likeness (QED) is 0.0261. The average Bonchev–Trinajstić information content (AvgIpc) is 3.38.